The van der Waals surface area contributed by atoms with Crippen LogP contribution < -0.4 is 5.32 Å². The molecule has 0 spiro atoms. The zero-order valence-corrected chi connectivity index (χ0v) is 12.4. The van der Waals surface area contributed by atoms with Crippen molar-refractivity contribution in [3.63, 3.8) is 0 Å². The summed E-state index contributed by atoms with van der Waals surface area (Å²) in [6.45, 7) is 8.74. The molecule has 0 amide bonds. The molecule has 0 aliphatic rings. The van der Waals surface area contributed by atoms with Crippen LogP contribution in [0.3, 0.4) is 0 Å². The van der Waals surface area contributed by atoms with E-state index >= 15 is 0 Å². The molecule has 0 unspecified atom stereocenters. The summed E-state index contributed by atoms with van der Waals surface area (Å²) in [5.41, 5.74) is 0.375. The lowest BCUT2D eigenvalue weighted by Crippen LogP contribution is -2.49. The van der Waals surface area contributed by atoms with Gasteiger partial charge in [0.15, 0.2) is 0 Å². The summed E-state index contributed by atoms with van der Waals surface area (Å²) in [4.78, 5) is 11.5. The molecule has 0 fully saturated rings. The van der Waals surface area contributed by atoms with E-state index in [0.717, 1.165) is 12.0 Å². The quantitative estimate of drug-likeness (QED) is 0.826. The average Bonchev–Trinajstić information content (AvgIpc) is 2.34. The van der Waals surface area contributed by atoms with Gasteiger partial charge in [-0.2, -0.15) is 0 Å². The topological polar surface area (TPSA) is 49.3 Å². The first-order valence-electron chi connectivity index (χ1n) is 6.75. The molecule has 3 heteroatoms. The number of carbonyl (C=O) groups is 1. The molecule has 1 aromatic carbocycles. The first-order valence-corrected chi connectivity index (χ1v) is 6.75. The Bertz CT molecular complexity index is 409. The molecule has 106 valence electrons. The molecule has 3 nitrogen and oxygen atoms in total. The van der Waals surface area contributed by atoms with Crippen LogP contribution in [-0.2, 0) is 11.3 Å². The maximum atomic E-state index is 11.5. The van der Waals surface area contributed by atoms with Crippen molar-refractivity contribution in [2.45, 2.75) is 52.6 Å². The molecule has 0 bridgehead atoms. The van der Waals surface area contributed by atoms with Crippen molar-refractivity contribution in [3.05, 3.63) is 35.9 Å². The molecule has 1 rings (SSSR count). The van der Waals surface area contributed by atoms with Crippen LogP contribution in [0.5, 0.6) is 0 Å². The average molecular weight is 263 g/mol. The highest BCUT2D eigenvalue weighted by Gasteiger charge is 2.33. The molecule has 0 saturated carbocycles. The van der Waals surface area contributed by atoms with Crippen LogP contribution >= 0.6 is 0 Å². The van der Waals surface area contributed by atoms with Gasteiger partial charge >= 0.3 is 5.97 Å². The van der Waals surface area contributed by atoms with Gasteiger partial charge in [0.25, 0.3) is 0 Å². The van der Waals surface area contributed by atoms with Crippen molar-refractivity contribution in [1.29, 1.82) is 0 Å². The van der Waals surface area contributed by atoms with Crippen LogP contribution in [0.25, 0.3) is 0 Å². The van der Waals surface area contributed by atoms with Crippen LogP contribution in [-0.4, -0.2) is 16.6 Å². The molecule has 0 heterocycles. The number of hydrogen-bond donors (Lipinski definition) is 2. The van der Waals surface area contributed by atoms with Crippen molar-refractivity contribution < 1.29 is 9.90 Å². The summed E-state index contributed by atoms with van der Waals surface area (Å²) in [6, 6.07) is 9.88. The zero-order chi connectivity index (χ0) is 14.5. The van der Waals surface area contributed by atoms with Crippen molar-refractivity contribution in [3.8, 4) is 0 Å². The molecular weight excluding hydrogens is 238 g/mol. The van der Waals surface area contributed by atoms with E-state index in [-0.39, 0.29) is 5.41 Å². The number of benzene rings is 1. The van der Waals surface area contributed by atoms with E-state index in [9.17, 15) is 9.90 Å². The van der Waals surface area contributed by atoms with E-state index < -0.39 is 11.5 Å². The van der Waals surface area contributed by atoms with Gasteiger partial charge in [0.05, 0.1) is 0 Å². The largest absolute Gasteiger partial charge is 0.480 e. The maximum absolute atomic E-state index is 11.5. The Hall–Kier alpha value is -1.35. The van der Waals surface area contributed by atoms with Gasteiger partial charge in [-0.1, -0.05) is 51.1 Å². The normalized spacial score (nSPS) is 14.9. The molecule has 0 aliphatic heterocycles. The summed E-state index contributed by atoms with van der Waals surface area (Å²) in [5.74, 6) is -0.785. The lowest BCUT2D eigenvalue weighted by Gasteiger charge is -2.30. The summed E-state index contributed by atoms with van der Waals surface area (Å²) < 4.78 is 0. The Labute approximate surface area is 116 Å². The third-order valence-electron chi connectivity index (χ3n) is 3.37. The van der Waals surface area contributed by atoms with E-state index in [4.69, 9.17) is 0 Å². The fourth-order valence-corrected chi connectivity index (χ4v) is 1.79. The van der Waals surface area contributed by atoms with Gasteiger partial charge in [-0.3, -0.25) is 10.1 Å². The summed E-state index contributed by atoms with van der Waals surface area (Å²) in [6.07, 6.45) is 1.50. The highest BCUT2D eigenvalue weighted by atomic mass is 16.4. The Morgan fingerprint density at radius 3 is 2.16 bits per heavy atom. The predicted octanol–water partition coefficient (Wildman–Crippen LogP) is 3.45. The number of carboxylic acids is 1. The number of hydrogen-bond acceptors (Lipinski definition) is 2. The molecule has 19 heavy (non-hydrogen) atoms. The molecule has 0 saturated heterocycles. The SMILES string of the molecule is CC(C)(C)CC[C@@](C)(NCc1ccccc1)C(=O)O. The molecule has 0 aromatic heterocycles. The summed E-state index contributed by atoms with van der Waals surface area (Å²) in [7, 11) is 0. The third kappa shape index (κ3) is 5.43. The van der Waals surface area contributed by atoms with Gasteiger partial charge in [0, 0.05) is 6.54 Å². The van der Waals surface area contributed by atoms with Crippen molar-refractivity contribution >= 4 is 5.97 Å². The number of aliphatic carboxylic acids is 1. The van der Waals surface area contributed by atoms with E-state index in [1.165, 1.54) is 0 Å². The van der Waals surface area contributed by atoms with Gasteiger partial charge in [0.1, 0.15) is 5.54 Å². The van der Waals surface area contributed by atoms with E-state index in [0.29, 0.717) is 13.0 Å². The molecule has 2 N–H and O–H groups in total. The first-order chi connectivity index (χ1) is 8.73. The second-order valence-corrected chi connectivity index (χ2v) is 6.54. The zero-order valence-electron chi connectivity index (χ0n) is 12.4. The van der Waals surface area contributed by atoms with Crippen LogP contribution in [0.4, 0.5) is 0 Å². The smallest absolute Gasteiger partial charge is 0.323 e. The summed E-state index contributed by atoms with van der Waals surface area (Å²) in [5, 5.41) is 12.6. The van der Waals surface area contributed by atoms with Crippen LogP contribution in [0.15, 0.2) is 30.3 Å². The standard InChI is InChI=1S/C16H25NO2/c1-15(2,3)10-11-16(4,14(18)19)17-12-13-8-6-5-7-9-13/h5-9,17H,10-12H2,1-4H3,(H,18,19)/t16-/m1/s1. The Kier molecular flexibility index (Phi) is 5.12. The van der Waals surface area contributed by atoms with Gasteiger partial charge in [-0.25, -0.2) is 0 Å². The van der Waals surface area contributed by atoms with Gasteiger partial charge < -0.3 is 5.11 Å². The number of nitrogens with one attached hydrogen (secondary N) is 1. The monoisotopic (exact) mass is 263 g/mol. The van der Waals surface area contributed by atoms with Gasteiger partial charge in [-0.15, -0.1) is 0 Å². The van der Waals surface area contributed by atoms with Crippen molar-refractivity contribution in [2.75, 3.05) is 0 Å². The fraction of sp³-hybridized carbons (Fsp3) is 0.562. The molecule has 0 radical (unpaired) electrons. The highest BCUT2D eigenvalue weighted by Crippen LogP contribution is 2.26. The van der Waals surface area contributed by atoms with Gasteiger partial charge in [-0.05, 0) is 30.7 Å². The minimum atomic E-state index is -0.872. The second kappa shape index (κ2) is 6.20. The number of carboxylic acid groups (broad SMARTS) is 1. The highest BCUT2D eigenvalue weighted by molar-refractivity contribution is 5.78. The van der Waals surface area contributed by atoms with E-state index in [2.05, 4.69) is 26.1 Å². The van der Waals surface area contributed by atoms with Crippen LogP contribution in [0.2, 0.25) is 0 Å². The first kappa shape index (κ1) is 15.7. The fourth-order valence-electron chi connectivity index (χ4n) is 1.79. The third-order valence-corrected chi connectivity index (χ3v) is 3.37. The Morgan fingerprint density at radius 2 is 1.68 bits per heavy atom. The minimum Gasteiger partial charge on any atom is -0.480 e. The van der Waals surface area contributed by atoms with E-state index in [1.807, 2.05) is 30.3 Å². The molecule has 0 aliphatic carbocycles. The van der Waals surface area contributed by atoms with Gasteiger partial charge in [0.2, 0.25) is 0 Å². The Morgan fingerprint density at radius 1 is 1.11 bits per heavy atom. The van der Waals surface area contributed by atoms with E-state index in [1.54, 1.807) is 6.92 Å². The maximum Gasteiger partial charge on any atom is 0.323 e. The molecular formula is C16H25NO2. The van der Waals surface area contributed by atoms with Crippen molar-refractivity contribution in [1.82, 2.24) is 5.32 Å². The van der Waals surface area contributed by atoms with Crippen molar-refractivity contribution in [2.24, 2.45) is 5.41 Å². The minimum absolute atomic E-state index is 0.144. The lowest BCUT2D eigenvalue weighted by atomic mass is 9.84. The van der Waals surface area contributed by atoms with Crippen LogP contribution in [0.1, 0.15) is 46.1 Å². The predicted molar refractivity (Wildman–Crippen MR) is 78.0 cm³/mol. The second-order valence-electron chi connectivity index (χ2n) is 6.54. The Balaban J connectivity index is 2.64. The molecule has 1 aromatic rings. The van der Waals surface area contributed by atoms with Crippen LogP contribution in [0, 0.1) is 5.41 Å². The lowest BCUT2D eigenvalue weighted by molar-refractivity contribution is -0.144. The molecule has 1 atom stereocenters. The summed E-state index contributed by atoms with van der Waals surface area (Å²) >= 11 is 0. The number of rotatable bonds is 6.